The molecule has 2 heteroatoms. The van der Waals surface area contributed by atoms with Gasteiger partial charge in [-0.3, -0.25) is 0 Å². The van der Waals surface area contributed by atoms with Gasteiger partial charge in [0.2, 0.25) is 0 Å². The zero-order valence-electron chi connectivity index (χ0n) is 8.21. The van der Waals surface area contributed by atoms with Gasteiger partial charge >= 0.3 is 0 Å². The van der Waals surface area contributed by atoms with Crippen LogP contribution in [0.4, 0.5) is 0 Å². The molecule has 2 nitrogen and oxygen atoms in total. The van der Waals surface area contributed by atoms with Crippen molar-refractivity contribution in [2.75, 3.05) is 13.2 Å². The van der Waals surface area contributed by atoms with Gasteiger partial charge in [0.15, 0.2) is 0 Å². The second-order valence-electron chi connectivity index (χ2n) is 4.21. The fourth-order valence-corrected chi connectivity index (χ4v) is 1.99. The van der Waals surface area contributed by atoms with E-state index in [1.165, 1.54) is 12.8 Å². The lowest BCUT2D eigenvalue weighted by Gasteiger charge is -2.32. The predicted octanol–water partition coefficient (Wildman–Crippen LogP) is 1.39. The molecule has 1 heterocycles. The Labute approximate surface area is 75.4 Å². The molecule has 0 spiro atoms. The number of hydrogen-bond acceptors (Lipinski definition) is 2. The summed E-state index contributed by atoms with van der Waals surface area (Å²) in [6.07, 6.45) is 3.48. The van der Waals surface area contributed by atoms with Crippen molar-refractivity contribution in [3.63, 3.8) is 0 Å². The summed E-state index contributed by atoms with van der Waals surface area (Å²) >= 11 is 0. The summed E-state index contributed by atoms with van der Waals surface area (Å²) in [6, 6.07) is 0.676. The largest absolute Gasteiger partial charge is 0.396 e. The highest BCUT2D eigenvalue weighted by atomic mass is 16.3. The normalized spacial score (nSPS) is 31.0. The molecule has 0 radical (unpaired) electrons. The Morgan fingerprint density at radius 2 is 2.25 bits per heavy atom. The summed E-state index contributed by atoms with van der Waals surface area (Å²) in [4.78, 5) is 0. The van der Waals surface area contributed by atoms with Gasteiger partial charge in [-0.2, -0.15) is 0 Å². The lowest BCUT2D eigenvalue weighted by atomic mass is 9.85. The van der Waals surface area contributed by atoms with E-state index in [0.29, 0.717) is 12.6 Å². The Bertz CT molecular complexity index is 123. The molecule has 2 N–H and O–H groups in total. The van der Waals surface area contributed by atoms with Crippen molar-refractivity contribution in [3.8, 4) is 0 Å². The molecule has 1 aliphatic rings. The Morgan fingerprint density at radius 3 is 2.83 bits per heavy atom. The van der Waals surface area contributed by atoms with Crippen LogP contribution in [0.2, 0.25) is 0 Å². The molecule has 0 aromatic rings. The van der Waals surface area contributed by atoms with Crippen LogP contribution in [0.15, 0.2) is 0 Å². The van der Waals surface area contributed by atoms with Crippen molar-refractivity contribution in [1.82, 2.24) is 5.32 Å². The number of aliphatic hydroxyl groups excluding tert-OH is 1. The maximum atomic E-state index is 8.82. The highest BCUT2D eigenvalue weighted by molar-refractivity contribution is 4.80. The molecule has 0 amide bonds. The van der Waals surface area contributed by atoms with Gasteiger partial charge in [-0.15, -0.1) is 0 Å². The van der Waals surface area contributed by atoms with Gasteiger partial charge in [0.1, 0.15) is 0 Å². The molecule has 0 unspecified atom stereocenters. The summed E-state index contributed by atoms with van der Waals surface area (Å²) in [7, 11) is 0. The molecule has 72 valence electrons. The third kappa shape index (κ3) is 2.76. The van der Waals surface area contributed by atoms with E-state index in [1.54, 1.807) is 0 Å². The van der Waals surface area contributed by atoms with E-state index in [9.17, 15) is 0 Å². The Hall–Kier alpha value is -0.0800. The van der Waals surface area contributed by atoms with Crippen molar-refractivity contribution in [3.05, 3.63) is 0 Å². The van der Waals surface area contributed by atoms with Crippen LogP contribution < -0.4 is 5.32 Å². The molecular weight excluding hydrogens is 150 g/mol. The van der Waals surface area contributed by atoms with Crippen LogP contribution in [0.25, 0.3) is 0 Å². The number of aliphatic hydroxyl groups is 1. The van der Waals surface area contributed by atoms with E-state index in [1.807, 2.05) is 0 Å². The average Bonchev–Trinajstić information content (AvgIpc) is 2.05. The molecule has 1 saturated heterocycles. The minimum atomic E-state index is 0.357. The Morgan fingerprint density at radius 1 is 1.50 bits per heavy atom. The molecule has 12 heavy (non-hydrogen) atoms. The molecule has 1 aliphatic heterocycles. The summed E-state index contributed by atoms with van der Waals surface area (Å²) < 4.78 is 0. The standard InChI is InChI=1S/C10H21NO/c1-8(2)10-7-9(4-6-12)3-5-11-10/h8-12H,3-7H2,1-2H3/t9-,10-/m1/s1. The van der Waals surface area contributed by atoms with Crippen LogP contribution in [0.5, 0.6) is 0 Å². The molecule has 2 atom stereocenters. The monoisotopic (exact) mass is 171 g/mol. The third-order valence-electron chi connectivity index (χ3n) is 2.89. The quantitative estimate of drug-likeness (QED) is 0.672. The van der Waals surface area contributed by atoms with Gasteiger partial charge in [-0.1, -0.05) is 13.8 Å². The molecule has 0 aromatic carbocycles. The highest BCUT2D eigenvalue weighted by Crippen LogP contribution is 2.22. The number of piperidine rings is 1. The Kier molecular flexibility index (Phi) is 4.02. The van der Waals surface area contributed by atoms with Crippen molar-refractivity contribution < 1.29 is 5.11 Å². The van der Waals surface area contributed by atoms with Crippen LogP contribution in [0.3, 0.4) is 0 Å². The lowest BCUT2D eigenvalue weighted by Crippen LogP contribution is -2.41. The second kappa shape index (κ2) is 4.83. The first-order chi connectivity index (χ1) is 5.74. The SMILES string of the molecule is CC(C)[C@H]1C[C@@H](CCO)CCN1. The van der Waals surface area contributed by atoms with Crippen LogP contribution in [-0.2, 0) is 0 Å². The molecular formula is C10H21NO. The van der Waals surface area contributed by atoms with E-state index in [2.05, 4.69) is 19.2 Å². The maximum absolute atomic E-state index is 8.82. The molecule has 1 fully saturated rings. The minimum Gasteiger partial charge on any atom is -0.396 e. The zero-order chi connectivity index (χ0) is 8.97. The minimum absolute atomic E-state index is 0.357. The molecule has 0 aliphatic carbocycles. The first-order valence-corrected chi connectivity index (χ1v) is 5.08. The zero-order valence-corrected chi connectivity index (χ0v) is 8.21. The van der Waals surface area contributed by atoms with E-state index in [0.717, 1.165) is 24.8 Å². The van der Waals surface area contributed by atoms with Crippen molar-refractivity contribution in [1.29, 1.82) is 0 Å². The smallest absolute Gasteiger partial charge is 0.0433 e. The van der Waals surface area contributed by atoms with Crippen LogP contribution >= 0.6 is 0 Å². The molecule has 0 bridgehead atoms. The Balaban J connectivity index is 2.30. The number of nitrogens with one attached hydrogen (secondary N) is 1. The maximum Gasteiger partial charge on any atom is 0.0433 e. The van der Waals surface area contributed by atoms with Crippen LogP contribution in [-0.4, -0.2) is 24.3 Å². The molecule has 1 rings (SSSR count). The third-order valence-corrected chi connectivity index (χ3v) is 2.89. The summed E-state index contributed by atoms with van der Waals surface area (Å²) in [5.41, 5.74) is 0. The molecule has 0 aromatic heterocycles. The predicted molar refractivity (Wildman–Crippen MR) is 51.1 cm³/mol. The summed E-state index contributed by atoms with van der Waals surface area (Å²) in [6.45, 7) is 6.01. The average molecular weight is 171 g/mol. The summed E-state index contributed by atoms with van der Waals surface area (Å²) in [5.74, 6) is 1.48. The first-order valence-electron chi connectivity index (χ1n) is 5.08. The van der Waals surface area contributed by atoms with Gasteiger partial charge in [0.25, 0.3) is 0 Å². The second-order valence-corrected chi connectivity index (χ2v) is 4.21. The van der Waals surface area contributed by atoms with E-state index < -0.39 is 0 Å². The summed E-state index contributed by atoms with van der Waals surface area (Å²) in [5, 5.41) is 12.3. The fourth-order valence-electron chi connectivity index (χ4n) is 1.99. The van der Waals surface area contributed by atoms with Crippen LogP contribution in [0, 0.1) is 11.8 Å². The van der Waals surface area contributed by atoms with E-state index >= 15 is 0 Å². The van der Waals surface area contributed by atoms with E-state index in [4.69, 9.17) is 5.11 Å². The lowest BCUT2D eigenvalue weighted by molar-refractivity contribution is 0.198. The van der Waals surface area contributed by atoms with Gasteiger partial charge in [0.05, 0.1) is 0 Å². The molecule has 0 saturated carbocycles. The van der Waals surface area contributed by atoms with Gasteiger partial charge in [-0.05, 0) is 37.6 Å². The number of hydrogen-bond donors (Lipinski definition) is 2. The van der Waals surface area contributed by atoms with Gasteiger partial charge < -0.3 is 10.4 Å². The van der Waals surface area contributed by atoms with Gasteiger partial charge in [0, 0.05) is 12.6 Å². The van der Waals surface area contributed by atoms with Crippen LogP contribution in [0.1, 0.15) is 33.1 Å². The fraction of sp³-hybridized carbons (Fsp3) is 1.00. The van der Waals surface area contributed by atoms with Crippen molar-refractivity contribution in [2.24, 2.45) is 11.8 Å². The highest BCUT2D eigenvalue weighted by Gasteiger charge is 2.22. The number of rotatable bonds is 3. The van der Waals surface area contributed by atoms with Gasteiger partial charge in [-0.25, -0.2) is 0 Å². The van der Waals surface area contributed by atoms with Crippen molar-refractivity contribution >= 4 is 0 Å². The van der Waals surface area contributed by atoms with E-state index in [-0.39, 0.29) is 0 Å². The van der Waals surface area contributed by atoms with Crippen molar-refractivity contribution in [2.45, 2.75) is 39.2 Å². The first kappa shape index (κ1) is 10.0. The topological polar surface area (TPSA) is 32.3 Å².